The van der Waals surface area contributed by atoms with Crippen molar-refractivity contribution in [3.63, 3.8) is 0 Å². The largest absolute Gasteiger partial charge is 0.388 e. The van der Waals surface area contributed by atoms with Gasteiger partial charge in [-0.05, 0) is 32.9 Å². The van der Waals surface area contributed by atoms with Crippen LogP contribution < -0.4 is 5.32 Å². The lowest BCUT2D eigenvalue weighted by molar-refractivity contribution is -0.123. The summed E-state index contributed by atoms with van der Waals surface area (Å²) in [6.45, 7) is 3.32. The lowest BCUT2D eigenvalue weighted by Crippen LogP contribution is -2.46. The third-order valence-corrected chi connectivity index (χ3v) is 3.47. The molecule has 1 amide bonds. The zero-order valence-corrected chi connectivity index (χ0v) is 11.3. The summed E-state index contributed by atoms with van der Waals surface area (Å²) in [4.78, 5) is 13.5. The topological polar surface area (TPSA) is 52.6 Å². The molecular formula is C13H26N2O2. The molecule has 0 aromatic heterocycles. The minimum Gasteiger partial charge on any atom is -0.388 e. The lowest BCUT2D eigenvalue weighted by Gasteiger charge is -2.35. The SMILES string of the molecule is CC1CCCC(O)(CNC(=O)CCN(C)C)C1. The van der Waals surface area contributed by atoms with Crippen LogP contribution in [-0.2, 0) is 4.79 Å². The number of nitrogens with zero attached hydrogens (tertiary/aromatic N) is 1. The van der Waals surface area contributed by atoms with Crippen LogP contribution in [0.15, 0.2) is 0 Å². The van der Waals surface area contributed by atoms with E-state index in [1.807, 2.05) is 19.0 Å². The number of rotatable bonds is 5. The molecule has 0 aromatic rings. The standard InChI is InChI=1S/C13H26N2O2/c1-11-5-4-7-13(17,9-11)10-14-12(16)6-8-15(2)3/h11,17H,4-10H2,1-3H3,(H,14,16). The zero-order valence-electron chi connectivity index (χ0n) is 11.3. The first-order chi connectivity index (χ1) is 7.91. The van der Waals surface area contributed by atoms with E-state index >= 15 is 0 Å². The van der Waals surface area contributed by atoms with Crippen LogP contribution >= 0.6 is 0 Å². The molecule has 2 atom stereocenters. The van der Waals surface area contributed by atoms with Gasteiger partial charge in [-0.3, -0.25) is 4.79 Å². The Kier molecular flexibility index (Phi) is 5.40. The number of aliphatic hydroxyl groups is 1. The van der Waals surface area contributed by atoms with E-state index < -0.39 is 5.60 Å². The van der Waals surface area contributed by atoms with Crippen molar-refractivity contribution in [3.8, 4) is 0 Å². The van der Waals surface area contributed by atoms with Crippen LogP contribution in [0.25, 0.3) is 0 Å². The van der Waals surface area contributed by atoms with Gasteiger partial charge in [0.25, 0.3) is 0 Å². The molecule has 2 N–H and O–H groups in total. The molecule has 17 heavy (non-hydrogen) atoms. The maximum absolute atomic E-state index is 11.6. The Hall–Kier alpha value is -0.610. The number of carbonyl (C=O) groups is 1. The van der Waals surface area contributed by atoms with Gasteiger partial charge in [0.05, 0.1) is 5.60 Å². The van der Waals surface area contributed by atoms with Crippen molar-refractivity contribution >= 4 is 5.91 Å². The van der Waals surface area contributed by atoms with Crippen LogP contribution in [0, 0.1) is 5.92 Å². The number of carbonyl (C=O) groups excluding carboxylic acids is 1. The molecule has 1 aliphatic carbocycles. The minimum absolute atomic E-state index is 0.0327. The molecule has 0 heterocycles. The molecule has 0 bridgehead atoms. The summed E-state index contributed by atoms with van der Waals surface area (Å²) < 4.78 is 0. The highest BCUT2D eigenvalue weighted by Crippen LogP contribution is 2.31. The van der Waals surface area contributed by atoms with Gasteiger partial charge in [-0.2, -0.15) is 0 Å². The van der Waals surface area contributed by atoms with Gasteiger partial charge in [-0.25, -0.2) is 0 Å². The van der Waals surface area contributed by atoms with Gasteiger partial charge >= 0.3 is 0 Å². The summed E-state index contributed by atoms with van der Waals surface area (Å²) in [7, 11) is 3.90. The second-order valence-electron chi connectivity index (χ2n) is 5.76. The van der Waals surface area contributed by atoms with E-state index in [1.165, 1.54) is 6.42 Å². The second-order valence-corrected chi connectivity index (χ2v) is 5.76. The maximum Gasteiger partial charge on any atom is 0.221 e. The van der Waals surface area contributed by atoms with Crippen LogP contribution in [0.3, 0.4) is 0 Å². The Morgan fingerprint density at radius 1 is 1.53 bits per heavy atom. The molecule has 4 nitrogen and oxygen atoms in total. The summed E-state index contributed by atoms with van der Waals surface area (Å²) >= 11 is 0. The molecule has 0 radical (unpaired) electrons. The van der Waals surface area contributed by atoms with Gasteiger partial charge < -0.3 is 15.3 Å². The predicted octanol–water partition coefficient (Wildman–Crippen LogP) is 0.995. The summed E-state index contributed by atoms with van der Waals surface area (Å²) in [6, 6.07) is 0. The van der Waals surface area contributed by atoms with E-state index in [-0.39, 0.29) is 5.91 Å². The van der Waals surface area contributed by atoms with Crippen molar-refractivity contribution < 1.29 is 9.90 Å². The normalized spacial score (nSPS) is 29.4. The van der Waals surface area contributed by atoms with Crippen LogP contribution in [0.1, 0.15) is 39.0 Å². The highest BCUT2D eigenvalue weighted by molar-refractivity contribution is 5.76. The van der Waals surface area contributed by atoms with Gasteiger partial charge in [-0.15, -0.1) is 0 Å². The first-order valence-electron chi connectivity index (χ1n) is 6.55. The number of amides is 1. The number of hydrogen-bond acceptors (Lipinski definition) is 3. The summed E-state index contributed by atoms with van der Waals surface area (Å²) in [5, 5.41) is 13.2. The molecule has 1 aliphatic rings. The van der Waals surface area contributed by atoms with Crippen LogP contribution in [0.2, 0.25) is 0 Å². The fourth-order valence-corrected chi connectivity index (χ4v) is 2.47. The monoisotopic (exact) mass is 242 g/mol. The Labute approximate surface area is 104 Å². The highest BCUT2D eigenvalue weighted by Gasteiger charge is 2.32. The van der Waals surface area contributed by atoms with E-state index in [4.69, 9.17) is 0 Å². The van der Waals surface area contributed by atoms with E-state index in [1.54, 1.807) is 0 Å². The number of nitrogens with one attached hydrogen (secondary N) is 1. The summed E-state index contributed by atoms with van der Waals surface area (Å²) in [6.07, 6.45) is 4.37. The molecule has 0 aliphatic heterocycles. The third-order valence-electron chi connectivity index (χ3n) is 3.47. The molecule has 0 saturated heterocycles. The fraction of sp³-hybridized carbons (Fsp3) is 0.923. The molecule has 4 heteroatoms. The fourth-order valence-electron chi connectivity index (χ4n) is 2.47. The van der Waals surface area contributed by atoms with E-state index in [0.29, 0.717) is 18.9 Å². The quantitative estimate of drug-likeness (QED) is 0.756. The van der Waals surface area contributed by atoms with Gasteiger partial charge in [0.1, 0.15) is 0 Å². The summed E-state index contributed by atoms with van der Waals surface area (Å²) in [5.41, 5.74) is -0.675. The molecule has 0 spiro atoms. The maximum atomic E-state index is 11.6. The molecule has 0 aromatic carbocycles. The predicted molar refractivity (Wildman–Crippen MR) is 68.8 cm³/mol. The lowest BCUT2D eigenvalue weighted by atomic mass is 9.79. The Bertz CT molecular complexity index is 256. The molecule has 1 saturated carbocycles. The van der Waals surface area contributed by atoms with Crippen molar-refractivity contribution in [2.45, 2.75) is 44.6 Å². The number of hydrogen-bond donors (Lipinski definition) is 2. The third kappa shape index (κ3) is 5.50. The van der Waals surface area contributed by atoms with Gasteiger partial charge in [0, 0.05) is 19.5 Å². The Morgan fingerprint density at radius 3 is 2.82 bits per heavy atom. The zero-order chi connectivity index (χ0) is 12.9. The molecule has 2 unspecified atom stereocenters. The van der Waals surface area contributed by atoms with Crippen LogP contribution in [0.5, 0.6) is 0 Å². The van der Waals surface area contributed by atoms with Crippen molar-refractivity contribution in [1.29, 1.82) is 0 Å². The van der Waals surface area contributed by atoms with Crippen molar-refractivity contribution in [2.24, 2.45) is 5.92 Å². The van der Waals surface area contributed by atoms with E-state index in [2.05, 4.69) is 12.2 Å². The minimum atomic E-state index is -0.675. The van der Waals surface area contributed by atoms with Gasteiger partial charge in [-0.1, -0.05) is 19.8 Å². The Balaban J connectivity index is 2.26. The smallest absolute Gasteiger partial charge is 0.221 e. The van der Waals surface area contributed by atoms with E-state index in [0.717, 1.165) is 25.8 Å². The van der Waals surface area contributed by atoms with Crippen molar-refractivity contribution in [1.82, 2.24) is 10.2 Å². The van der Waals surface area contributed by atoms with Crippen molar-refractivity contribution in [2.75, 3.05) is 27.2 Å². The van der Waals surface area contributed by atoms with Crippen LogP contribution in [-0.4, -0.2) is 48.7 Å². The van der Waals surface area contributed by atoms with Crippen molar-refractivity contribution in [3.05, 3.63) is 0 Å². The second kappa shape index (κ2) is 6.36. The molecule has 1 rings (SSSR count). The molecular weight excluding hydrogens is 216 g/mol. The van der Waals surface area contributed by atoms with Crippen LogP contribution in [0.4, 0.5) is 0 Å². The Morgan fingerprint density at radius 2 is 2.24 bits per heavy atom. The van der Waals surface area contributed by atoms with Gasteiger partial charge in [0.2, 0.25) is 5.91 Å². The highest BCUT2D eigenvalue weighted by atomic mass is 16.3. The first kappa shape index (κ1) is 14.5. The average Bonchev–Trinajstić information content (AvgIpc) is 2.23. The average molecular weight is 242 g/mol. The first-order valence-corrected chi connectivity index (χ1v) is 6.55. The van der Waals surface area contributed by atoms with E-state index in [9.17, 15) is 9.90 Å². The molecule has 100 valence electrons. The summed E-state index contributed by atoms with van der Waals surface area (Å²) in [5.74, 6) is 0.595. The molecule has 1 fully saturated rings. The van der Waals surface area contributed by atoms with Gasteiger partial charge in [0.15, 0.2) is 0 Å².